The Hall–Kier alpha value is -2.21. The lowest BCUT2D eigenvalue weighted by atomic mass is 10.1. The van der Waals surface area contributed by atoms with Crippen molar-refractivity contribution in [1.82, 2.24) is 10.3 Å². The van der Waals surface area contributed by atoms with Gasteiger partial charge < -0.3 is 10.6 Å². The standard InChI is InChI=1S/C14H15N3O2S/c1-10(18)11-3-2-4-12(9-11)17-14(19)16-6-5-13-15-7-8-20-13/h2-4,7-9H,5-6H2,1H3,(H2,16,17,19). The summed E-state index contributed by atoms with van der Waals surface area (Å²) in [6.45, 7) is 2.01. The predicted molar refractivity (Wildman–Crippen MR) is 79.3 cm³/mol. The molecule has 2 N–H and O–H groups in total. The van der Waals surface area contributed by atoms with Crippen molar-refractivity contribution >= 4 is 28.8 Å². The molecule has 0 aliphatic rings. The lowest BCUT2D eigenvalue weighted by Gasteiger charge is -2.07. The van der Waals surface area contributed by atoms with E-state index >= 15 is 0 Å². The highest BCUT2D eigenvalue weighted by Crippen LogP contribution is 2.11. The molecule has 1 heterocycles. The molecule has 5 nitrogen and oxygen atoms in total. The minimum atomic E-state index is -0.290. The van der Waals surface area contributed by atoms with Crippen molar-refractivity contribution in [1.29, 1.82) is 0 Å². The fourth-order valence-electron chi connectivity index (χ4n) is 1.65. The summed E-state index contributed by atoms with van der Waals surface area (Å²) >= 11 is 1.56. The van der Waals surface area contributed by atoms with E-state index in [1.807, 2.05) is 5.38 Å². The number of amides is 2. The molecule has 6 heteroatoms. The van der Waals surface area contributed by atoms with Crippen LogP contribution in [0, 0.1) is 0 Å². The predicted octanol–water partition coefficient (Wildman–Crippen LogP) is 2.71. The smallest absolute Gasteiger partial charge is 0.319 e. The Morgan fingerprint density at radius 3 is 2.90 bits per heavy atom. The summed E-state index contributed by atoms with van der Waals surface area (Å²) in [7, 11) is 0. The third-order valence-corrected chi connectivity index (χ3v) is 3.47. The second-order valence-corrected chi connectivity index (χ2v) is 5.17. The second-order valence-electron chi connectivity index (χ2n) is 4.19. The molecule has 0 radical (unpaired) electrons. The van der Waals surface area contributed by atoms with Crippen molar-refractivity contribution in [3.8, 4) is 0 Å². The minimum Gasteiger partial charge on any atom is -0.337 e. The molecule has 0 saturated heterocycles. The summed E-state index contributed by atoms with van der Waals surface area (Å²) in [5.41, 5.74) is 1.18. The van der Waals surface area contributed by atoms with Gasteiger partial charge in [0.05, 0.1) is 5.01 Å². The third kappa shape index (κ3) is 4.17. The van der Waals surface area contributed by atoms with Gasteiger partial charge in [-0.25, -0.2) is 9.78 Å². The first kappa shape index (κ1) is 14.2. The van der Waals surface area contributed by atoms with Crippen molar-refractivity contribution < 1.29 is 9.59 Å². The molecule has 0 atom stereocenters. The van der Waals surface area contributed by atoms with Gasteiger partial charge in [0.25, 0.3) is 0 Å². The number of thiazole rings is 1. The lowest BCUT2D eigenvalue weighted by molar-refractivity contribution is 0.101. The fourth-order valence-corrected chi connectivity index (χ4v) is 2.27. The van der Waals surface area contributed by atoms with Crippen molar-refractivity contribution in [3.63, 3.8) is 0 Å². The maximum atomic E-state index is 11.7. The van der Waals surface area contributed by atoms with E-state index in [-0.39, 0.29) is 11.8 Å². The SMILES string of the molecule is CC(=O)c1cccc(NC(=O)NCCc2nccs2)c1. The van der Waals surface area contributed by atoms with Crippen molar-refractivity contribution in [2.24, 2.45) is 0 Å². The molecule has 20 heavy (non-hydrogen) atoms. The van der Waals surface area contributed by atoms with Gasteiger partial charge in [0, 0.05) is 35.8 Å². The molecule has 0 fully saturated rings. The molecule has 2 amide bonds. The zero-order valence-electron chi connectivity index (χ0n) is 11.1. The van der Waals surface area contributed by atoms with Crippen molar-refractivity contribution in [2.45, 2.75) is 13.3 Å². The Morgan fingerprint density at radius 2 is 2.20 bits per heavy atom. The van der Waals surface area contributed by atoms with E-state index in [0.29, 0.717) is 24.2 Å². The van der Waals surface area contributed by atoms with Gasteiger partial charge in [-0.1, -0.05) is 12.1 Å². The highest BCUT2D eigenvalue weighted by Gasteiger charge is 2.04. The van der Waals surface area contributed by atoms with Crippen molar-refractivity contribution in [2.75, 3.05) is 11.9 Å². The molecular weight excluding hydrogens is 274 g/mol. The number of nitrogens with one attached hydrogen (secondary N) is 2. The van der Waals surface area contributed by atoms with Crippen LogP contribution in [0.2, 0.25) is 0 Å². The molecule has 0 saturated carbocycles. The van der Waals surface area contributed by atoms with Gasteiger partial charge in [0.1, 0.15) is 0 Å². The van der Waals surface area contributed by atoms with E-state index in [2.05, 4.69) is 15.6 Å². The Bertz CT molecular complexity index is 596. The van der Waals surface area contributed by atoms with Gasteiger partial charge in [-0.2, -0.15) is 0 Å². The largest absolute Gasteiger partial charge is 0.337 e. The van der Waals surface area contributed by atoms with Crippen molar-refractivity contribution in [3.05, 3.63) is 46.4 Å². The number of hydrogen-bond acceptors (Lipinski definition) is 4. The zero-order valence-corrected chi connectivity index (χ0v) is 11.9. The number of hydrogen-bond donors (Lipinski definition) is 2. The molecule has 0 bridgehead atoms. The van der Waals surface area contributed by atoms with Gasteiger partial charge in [0.2, 0.25) is 0 Å². The van der Waals surface area contributed by atoms with E-state index in [9.17, 15) is 9.59 Å². The average molecular weight is 289 g/mol. The molecule has 0 aliphatic heterocycles. The van der Waals surface area contributed by atoms with E-state index < -0.39 is 0 Å². The van der Waals surface area contributed by atoms with E-state index in [1.165, 1.54) is 6.92 Å². The summed E-state index contributed by atoms with van der Waals surface area (Å²) in [5, 5.41) is 8.34. The van der Waals surface area contributed by atoms with Gasteiger partial charge in [-0.15, -0.1) is 11.3 Å². The summed E-state index contributed by atoms with van der Waals surface area (Å²) in [4.78, 5) is 27.1. The van der Waals surface area contributed by atoms with Gasteiger partial charge in [-0.3, -0.25) is 4.79 Å². The van der Waals surface area contributed by atoms with E-state index in [1.54, 1.807) is 41.8 Å². The average Bonchev–Trinajstić information content (AvgIpc) is 2.92. The van der Waals surface area contributed by atoms with Gasteiger partial charge in [0.15, 0.2) is 5.78 Å². The maximum Gasteiger partial charge on any atom is 0.319 e. The van der Waals surface area contributed by atoms with Crippen LogP contribution in [0.3, 0.4) is 0 Å². The number of ketones is 1. The van der Waals surface area contributed by atoms with Crippen LogP contribution in [-0.4, -0.2) is 23.3 Å². The van der Waals surface area contributed by atoms with Gasteiger partial charge >= 0.3 is 6.03 Å². The summed E-state index contributed by atoms with van der Waals surface area (Å²) in [6, 6.07) is 6.56. The molecule has 1 aromatic carbocycles. The van der Waals surface area contributed by atoms with Crippen LogP contribution < -0.4 is 10.6 Å². The number of carbonyl (C=O) groups excluding carboxylic acids is 2. The van der Waals surface area contributed by atoms with E-state index in [0.717, 1.165) is 5.01 Å². The number of urea groups is 1. The van der Waals surface area contributed by atoms with Crippen LogP contribution in [0.15, 0.2) is 35.8 Å². The van der Waals surface area contributed by atoms with Gasteiger partial charge in [-0.05, 0) is 19.1 Å². The van der Waals surface area contributed by atoms with Crippen LogP contribution in [0.25, 0.3) is 0 Å². The molecule has 0 spiro atoms. The first-order valence-corrected chi connectivity index (χ1v) is 7.07. The molecule has 104 valence electrons. The number of carbonyl (C=O) groups is 2. The topological polar surface area (TPSA) is 71.1 Å². The molecule has 2 rings (SSSR count). The van der Waals surface area contributed by atoms with Crippen LogP contribution in [0.4, 0.5) is 10.5 Å². The van der Waals surface area contributed by atoms with Crippen LogP contribution >= 0.6 is 11.3 Å². The van der Waals surface area contributed by atoms with Crippen LogP contribution in [-0.2, 0) is 6.42 Å². The normalized spacial score (nSPS) is 10.1. The number of Topliss-reactive ketones (excluding diaryl/α,β-unsaturated/α-hetero) is 1. The summed E-state index contributed by atoms with van der Waals surface area (Å²) < 4.78 is 0. The lowest BCUT2D eigenvalue weighted by Crippen LogP contribution is -2.30. The highest BCUT2D eigenvalue weighted by molar-refractivity contribution is 7.09. The number of rotatable bonds is 5. The Labute approximate surface area is 121 Å². The quantitative estimate of drug-likeness (QED) is 0.831. The minimum absolute atomic E-state index is 0.0298. The fraction of sp³-hybridized carbons (Fsp3) is 0.214. The molecule has 1 aromatic heterocycles. The Balaban J connectivity index is 1.82. The highest BCUT2D eigenvalue weighted by atomic mass is 32.1. The number of benzene rings is 1. The molecule has 0 aliphatic carbocycles. The first-order valence-electron chi connectivity index (χ1n) is 6.19. The number of nitrogens with zero attached hydrogens (tertiary/aromatic N) is 1. The summed E-state index contributed by atoms with van der Waals surface area (Å²) in [6.07, 6.45) is 2.45. The molecule has 0 unspecified atom stereocenters. The zero-order chi connectivity index (χ0) is 14.4. The summed E-state index contributed by atoms with van der Waals surface area (Å²) in [5.74, 6) is -0.0298. The monoisotopic (exact) mass is 289 g/mol. The molecule has 2 aromatic rings. The van der Waals surface area contributed by atoms with Crippen LogP contribution in [0.1, 0.15) is 22.3 Å². The van der Waals surface area contributed by atoms with Crippen LogP contribution in [0.5, 0.6) is 0 Å². The number of anilines is 1. The van der Waals surface area contributed by atoms with E-state index in [4.69, 9.17) is 0 Å². The third-order valence-electron chi connectivity index (χ3n) is 2.63. The first-order chi connectivity index (χ1) is 9.65. The Kier molecular flexibility index (Phi) is 4.84. The maximum absolute atomic E-state index is 11.7. The number of aromatic nitrogens is 1. The Morgan fingerprint density at radius 1 is 1.35 bits per heavy atom. The second kappa shape index (κ2) is 6.81. The molecular formula is C14H15N3O2S.